The summed E-state index contributed by atoms with van der Waals surface area (Å²) in [6.45, 7) is 10.5. The van der Waals surface area contributed by atoms with Crippen molar-refractivity contribution in [1.82, 2.24) is 9.97 Å². The monoisotopic (exact) mass is 643 g/mol. The number of rotatable bonds is 12. The second kappa shape index (κ2) is 19.3. The molecule has 3 aliphatic rings. The minimum absolute atomic E-state index is 0.270. The number of aromatic nitrogens is 2. The maximum absolute atomic E-state index is 12.6. The Balaban J connectivity index is 0.000000307. The highest BCUT2D eigenvalue weighted by atomic mass is 32.2. The summed E-state index contributed by atoms with van der Waals surface area (Å²) in [7, 11) is 0. The molecule has 3 saturated carbocycles. The van der Waals surface area contributed by atoms with Crippen molar-refractivity contribution < 1.29 is 27.8 Å². The zero-order valence-electron chi connectivity index (χ0n) is 26.9. The van der Waals surface area contributed by atoms with Gasteiger partial charge in [0.15, 0.2) is 28.4 Å². The van der Waals surface area contributed by atoms with Crippen LogP contribution in [0.15, 0.2) is 23.4 Å². The number of alkyl halides is 1. The van der Waals surface area contributed by atoms with Gasteiger partial charge in [-0.3, -0.25) is 0 Å². The summed E-state index contributed by atoms with van der Waals surface area (Å²) in [4.78, 5) is 8.80. The topological polar surface area (TPSA) is 129 Å². The number of nitrogens with zero attached hydrogens (tertiary/aromatic N) is 2. The summed E-state index contributed by atoms with van der Waals surface area (Å²) in [5.41, 5.74) is 13.4. The van der Waals surface area contributed by atoms with Crippen LogP contribution in [-0.4, -0.2) is 58.6 Å². The van der Waals surface area contributed by atoms with Crippen molar-refractivity contribution in [3.63, 3.8) is 0 Å². The molecule has 8 nitrogen and oxygen atoms in total. The van der Waals surface area contributed by atoms with Crippen molar-refractivity contribution in [3.05, 3.63) is 35.4 Å². The van der Waals surface area contributed by atoms with Crippen LogP contribution in [0.5, 0.6) is 0 Å². The normalized spacial score (nSPS) is 19.1. The molecule has 44 heavy (non-hydrogen) atoms. The summed E-state index contributed by atoms with van der Waals surface area (Å²) in [6, 6.07) is 4.46. The molecule has 1 aromatic heterocycles. The SMILES string of the molecule is CC.CC(C)(O)F.CCCSc1nc(N)c(N)c(NC2CCC(OCCOCC3CC3)C2)n1.Fc1ccc(C2CC2)cc1F. The third kappa shape index (κ3) is 15.6. The van der Waals surface area contributed by atoms with Gasteiger partial charge < -0.3 is 31.4 Å². The van der Waals surface area contributed by atoms with E-state index in [4.69, 9.17) is 26.0 Å². The molecular weight excluding hydrogens is 591 g/mol. The van der Waals surface area contributed by atoms with E-state index in [2.05, 4.69) is 22.2 Å². The number of ether oxygens (including phenoxy) is 2. The molecule has 0 amide bonds. The highest BCUT2D eigenvalue weighted by molar-refractivity contribution is 7.99. The summed E-state index contributed by atoms with van der Waals surface area (Å²) in [6.07, 6.45) is 9.24. The van der Waals surface area contributed by atoms with E-state index in [1.807, 2.05) is 13.8 Å². The predicted octanol–water partition coefficient (Wildman–Crippen LogP) is 7.47. The van der Waals surface area contributed by atoms with Crippen LogP contribution in [0.2, 0.25) is 0 Å². The van der Waals surface area contributed by atoms with E-state index < -0.39 is 17.5 Å². The lowest BCUT2D eigenvalue weighted by Crippen LogP contribution is -2.21. The molecule has 2 unspecified atom stereocenters. The van der Waals surface area contributed by atoms with Crippen LogP contribution in [0.3, 0.4) is 0 Å². The Bertz CT molecular complexity index is 1110. The van der Waals surface area contributed by atoms with Gasteiger partial charge in [-0.25, -0.2) is 23.1 Å². The zero-order chi connectivity index (χ0) is 32.7. The number of nitrogens with two attached hydrogens (primary N) is 2. The summed E-state index contributed by atoms with van der Waals surface area (Å²) in [5, 5.41) is 12.0. The lowest BCUT2D eigenvalue weighted by molar-refractivity contribution is -0.0515. The number of hydrogen-bond donors (Lipinski definition) is 4. The standard InChI is InChI=1S/C18H31N5O2S.C9H8F2.C3H7FO.C2H6/c1-2-9-26-18-22-16(20)15(19)17(23-18)21-13-5-6-14(10-13)25-8-7-24-11-12-3-4-12;10-8-4-3-7(5-9(8)11)6-1-2-6;1-3(2,4)5;1-2/h12-14H,2-11,19H2,1H3,(H3,20,21,22,23);3-6H,1-2H2;5H,1-2H3;1-2H3. The highest BCUT2D eigenvalue weighted by Crippen LogP contribution is 2.40. The molecule has 12 heteroatoms. The summed E-state index contributed by atoms with van der Waals surface area (Å²) in [5.74, 6) is -0.227. The average molecular weight is 644 g/mol. The number of halogens is 3. The molecule has 1 heterocycles. The molecular formula is C32H52F3N5O3S. The predicted molar refractivity (Wildman–Crippen MR) is 174 cm³/mol. The Hall–Kier alpha value is -2.28. The van der Waals surface area contributed by atoms with E-state index >= 15 is 0 Å². The van der Waals surface area contributed by atoms with Gasteiger partial charge in [0.05, 0.1) is 19.3 Å². The van der Waals surface area contributed by atoms with Crippen LogP contribution in [0, 0.1) is 17.6 Å². The molecule has 2 atom stereocenters. The smallest absolute Gasteiger partial charge is 0.201 e. The second-order valence-electron chi connectivity index (χ2n) is 11.5. The molecule has 2 aromatic rings. The van der Waals surface area contributed by atoms with E-state index in [1.54, 1.807) is 17.8 Å². The summed E-state index contributed by atoms with van der Waals surface area (Å²) < 4.78 is 47.8. The fraction of sp³-hybridized carbons (Fsp3) is 0.688. The first-order chi connectivity index (χ1) is 20.9. The van der Waals surface area contributed by atoms with E-state index in [0.717, 1.165) is 76.2 Å². The highest BCUT2D eigenvalue weighted by Gasteiger charge is 2.27. The van der Waals surface area contributed by atoms with Crippen LogP contribution < -0.4 is 16.8 Å². The van der Waals surface area contributed by atoms with Crippen molar-refractivity contribution in [3.8, 4) is 0 Å². The van der Waals surface area contributed by atoms with Crippen molar-refractivity contribution in [2.24, 2.45) is 5.92 Å². The van der Waals surface area contributed by atoms with Gasteiger partial charge in [-0.2, -0.15) is 0 Å². The zero-order valence-corrected chi connectivity index (χ0v) is 27.7. The fourth-order valence-corrected chi connectivity index (χ4v) is 4.95. The first kappa shape index (κ1) is 37.9. The van der Waals surface area contributed by atoms with E-state index in [0.29, 0.717) is 47.7 Å². The van der Waals surface area contributed by atoms with Crippen LogP contribution in [0.25, 0.3) is 0 Å². The number of benzene rings is 1. The molecule has 6 N–H and O–H groups in total. The van der Waals surface area contributed by atoms with Crippen molar-refractivity contribution >= 4 is 29.1 Å². The quantitative estimate of drug-likeness (QED) is 0.106. The molecule has 0 bridgehead atoms. The molecule has 3 fully saturated rings. The number of nitrogens with one attached hydrogen (secondary N) is 1. The van der Waals surface area contributed by atoms with Gasteiger partial charge in [0.1, 0.15) is 5.69 Å². The molecule has 0 saturated heterocycles. The number of thioether (sulfide) groups is 1. The van der Waals surface area contributed by atoms with Gasteiger partial charge in [0.25, 0.3) is 0 Å². The number of nitrogen functional groups attached to an aromatic ring is 2. The third-order valence-corrected chi connectivity index (χ3v) is 7.79. The Morgan fingerprint density at radius 2 is 1.70 bits per heavy atom. The van der Waals surface area contributed by atoms with Crippen LogP contribution in [0.4, 0.5) is 30.5 Å². The van der Waals surface area contributed by atoms with Crippen LogP contribution >= 0.6 is 11.8 Å². The molecule has 250 valence electrons. The average Bonchev–Trinajstić information content (AvgIpc) is 3.91. The number of aliphatic hydroxyl groups is 1. The molecule has 0 radical (unpaired) electrons. The maximum Gasteiger partial charge on any atom is 0.201 e. The summed E-state index contributed by atoms with van der Waals surface area (Å²) >= 11 is 1.60. The van der Waals surface area contributed by atoms with Crippen LogP contribution in [0.1, 0.15) is 97.5 Å². The maximum atomic E-state index is 12.6. The van der Waals surface area contributed by atoms with Crippen LogP contribution in [-0.2, 0) is 9.47 Å². The fourth-order valence-electron chi connectivity index (χ4n) is 4.24. The minimum Gasteiger partial charge on any atom is -0.393 e. The number of hydrogen-bond acceptors (Lipinski definition) is 9. The van der Waals surface area contributed by atoms with Gasteiger partial charge in [-0.05, 0) is 94.7 Å². The first-order valence-electron chi connectivity index (χ1n) is 15.8. The van der Waals surface area contributed by atoms with Crippen molar-refractivity contribution in [2.75, 3.05) is 42.4 Å². The minimum atomic E-state index is -2.00. The largest absolute Gasteiger partial charge is 0.393 e. The van der Waals surface area contributed by atoms with Gasteiger partial charge in [0, 0.05) is 18.4 Å². The molecule has 0 aliphatic heterocycles. The lowest BCUT2D eigenvalue weighted by Gasteiger charge is -2.17. The van der Waals surface area contributed by atoms with E-state index in [1.165, 1.54) is 25.0 Å². The third-order valence-electron chi connectivity index (χ3n) is 6.74. The molecule has 1 aromatic carbocycles. The van der Waals surface area contributed by atoms with E-state index in [-0.39, 0.29) is 6.10 Å². The van der Waals surface area contributed by atoms with Gasteiger partial charge in [-0.1, -0.05) is 38.6 Å². The van der Waals surface area contributed by atoms with Crippen molar-refractivity contribution in [1.29, 1.82) is 0 Å². The lowest BCUT2D eigenvalue weighted by atomic mass is 10.1. The van der Waals surface area contributed by atoms with Gasteiger partial charge in [0.2, 0.25) is 5.85 Å². The molecule has 3 aliphatic carbocycles. The Morgan fingerprint density at radius 1 is 1.02 bits per heavy atom. The number of anilines is 3. The first-order valence-corrected chi connectivity index (χ1v) is 16.8. The van der Waals surface area contributed by atoms with Gasteiger partial charge in [-0.15, -0.1) is 0 Å². The Labute approximate surface area is 265 Å². The van der Waals surface area contributed by atoms with Gasteiger partial charge >= 0.3 is 0 Å². The van der Waals surface area contributed by atoms with Crippen molar-refractivity contribution in [2.45, 2.75) is 115 Å². The molecule has 0 spiro atoms. The Morgan fingerprint density at radius 3 is 2.30 bits per heavy atom. The second-order valence-corrected chi connectivity index (χ2v) is 12.6. The molecule has 5 rings (SSSR count). The van der Waals surface area contributed by atoms with E-state index in [9.17, 15) is 13.2 Å². The Kier molecular flexibility index (Phi) is 16.6.